The zero-order valence-corrected chi connectivity index (χ0v) is 17.0. The molecule has 0 unspecified atom stereocenters. The van der Waals surface area contributed by atoms with E-state index < -0.39 is 11.4 Å². The van der Waals surface area contributed by atoms with Crippen LogP contribution in [-0.2, 0) is 6.42 Å². The van der Waals surface area contributed by atoms with Crippen molar-refractivity contribution in [2.24, 2.45) is 5.41 Å². The Labute approximate surface area is 172 Å². The summed E-state index contributed by atoms with van der Waals surface area (Å²) in [6.45, 7) is 6.40. The standard InChI is InChI=1S/C24H22N2O4/c1-24(2,3)21-10-16-14(18-11-19(27)17(23(28)29)12-26(18)21)9-15(20-5-4-8-30-20)13-6-7-25-22(13)16/h4-9,11-12,21,25H,10H2,1-3H3,(H,28,29)/t21-/m0/s1. The van der Waals surface area contributed by atoms with E-state index in [1.165, 1.54) is 12.3 Å². The van der Waals surface area contributed by atoms with Gasteiger partial charge in [-0.2, -0.15) is 0 Å². The summed E-state index contributed by atoms with van der Waals surface area (Å²) < 4.78 is 7.63. The van der Waals surface area contributed by atoms with E-state index in [0.717, 1.165) is 45.5 Å². The van der Waals surface area contributed by atoms with Gasteiger partial charge in [0.2, 0.25) is 0 Å². The molecule has 5 rings (SSSR count). The Bertz CT molecular complexity index is 1350. The van der Waals surface area contributed by atoms with E-state index in [1.807, 2.05) is 29.0 Å². The Morgan fingerprint density at radius 1 is 1.23 bits per heavy atom. The lowest BCUT2D eigenvalue weighted by Crippen LogP contribution is -2.33. The fraction of sp³-hybridized carbons (Fsp3) is 0.250. The van der Waals surface area contributed by atoms with Crippen LogP contribution in [0.4, 0.5) is 0 Å². The summed E-state index contributed by atoms with van der Waals surface area (Å²) in [5, 5.41) is 10.6. The van der Waals surface area contributed by atoms with Crippen LogP contribution in [0, 0.1) is 5.41 Å². The third kappa shape index (κ3) is 2.64. The number of carboxylic acids is 1. The molecule has 3 aromatic heterocycles. The molecule has 6 heteroatoms. The molecular formula is C24H22N2O4. The minimum absolute atomic E-state index is 0.000312. The molecule has 0 bridgehead atoms. The van der Waals surface area contributed by atoms with Gasteiger partial charge in [-0.15, -0.1) is 0 Å². The Hall–Kier alpha value is -3.54. The van der Waals surface area contributed by atoms with E-state index in [1.54, 1.807) is 6.26 Å². The van der Waals surface area contributed by atoms with E-state index in [0.29, 0.717) is 0 Å². The number of aromatic carboxylic acids is 1. The Morgan fingerprint density at radius 2 is 2.03 bits per heavy atom. The summed E-state index contributed by atoms with van der Waals surface area (Å²) in [4.78, 5) is 27.6. The Kier molecular flexibility index (Phi) is 3.84. The number of rotatable bonds is 2. The summed E-state index contributed by atoms with van der Waals surface area (Å²) in [7, 11) is 0. The highest BCUT2D eigenvalue weighted by Gasteiger charge is 2.35. The molecular weight excluding hydrogens is 380 g/mol. The fourth-order valence-corrected chi connectivity index (χ4v) is 4.56. The maximum absolute atomic E-state index is 12.6. The van der Waals surface area contributed by atoms with Crippen LogP contribution in [0.5, 0.6) is 0 Å². The van der Waals surface area contributed by atoms with E-state index >= 15 is 0 Å². The highest BCUT2D eigenvalue weighted by Crippen LogP contribution is 2.46. The first kappa shape index (κ1) is 18.5. The molecule has 0 fully saturated rings. The minimum atomic E-state index is -1.20. The van der Waals surface area contributed by atoms with Crippen LogP contribution >= 0.6 is 0 Å². The maximum Gasteiger partial charge on any atom is 0.341 e. The van der Waals surface area contributed by atoms with Crippen molar-refractivity contribution < 1.29 is 14.3 Å². The molecule has 0 amide bonds. The highest BCUT2D eigenvalue weighted by molar-refractivity contribution is 6.00. The summed E-state index contributed by atoms with van der Waals surface area (Å²) in [6, 6.07) is 9.31. The molecule has 0 spiro atoms. The zero-order valence-electron chi connectivity index (χ0n) is 17.0. The van der Waals surface area contributed by atoms with E-state index in [9.17, 15) is 14.7 Å². The fourth-order valence-electron chi connectivity index (χ4n) is 4.56. The number of carbonyl (C=O) groups is 1. The van der Waals surface area contributed by atoms with Gasteiger partial charge in [-0.1, -0.05) is 20.8 Å². The second-order valence-electron chi connectivity index (χ2n) is 8.93. The van der Waals surface area contributed by atoms with Crippen molar-refractivity contribution in [1.82, 2.24) is 9.55 Å². The number of hydrogen-bond acceptors (Lipinski definition) is 3. The monoisotopic (exact) mass is 402 g/mol. The quantitative estimate of drug-likeness (QED) is 0.488. The van der Waals surface area contributed by atoms with Crippen LogP contribution in [-0.4, -0.2) is 20.6 Å². The number of furan rings is 1. The largest absolute Gasteiger partial charge is 0.477 e. The number of fused-ring (bicyclic) bond motifs is 5. The van der Waals surface area contributed by atoms with E-state index in [4.69, 9.17) is 4.42 Å². The van der Waals surface area contributed by atoms with Crippen molar-refractivity contribution in [2.75, 3.05) is 0 Å². The molecule has 1 atom stereocenters. The van der Waals surface area contributed by atoms with Crippen molar-refractivity contribution in [3.8, 4) is 22.6 Å². The van der Waals surface area contributed by atoms with Gasteiger partial charge < -0.3 is 19.1 Å². The predicted octanol–water partition coefficient (Wildman–Crippen LogP) is 5.10. The molecule has 2 N–H and O–H groups in total. The Balaban J connectivity index is 1.88. The van der Waals surface area contributed by atoms with Gasteiger partial charge in [0, 0.05) is 41.0 Å². The van der Waals surface area contributed by atoms with Crippen LogP contribution in [0.3, 0.4) is 0 Å². The van der Waals surface area contributed by atoms with Crippen LogP contribution in [0.15, 0.2) is 58.2 Å². The van der Waals surface area contributed by atoms with Gasteiger partial charge in [0.15, 0.2) is 5.43 Å². The first-order chi connectivity index (χ1) is 14.3. The van der Waals surface area contributed by atoms with Gasteiger partial charge >= 0.3 is 5.97 Å². The van der Waals surface area contributed by atoms with E-state index in [-0.39, 0.29) is 17.0 Å². The van der Waals surface area contributed by atoms with Gasteiger partial charge in [-0.25, -0.2) is 4.79 Å². The molecule has 0 saturated carbocycles. The molecule has 6 nitrogen and oxygen atoms in total. The van der Waals surface area contributed by atoms with Crippen molar-refractivity contribution in [3.63, 3.8) is 0 Å². The number of aromatic amines is 1. The van der Waals surface area contributed by atoms with Gasteiger partial charge in [0.25, 0.3) is 0 Å². The van der Waals surface area contributed by atoms with Gasteiger partial charge in [-0.05, 0) is 41.7 Å². The number of aromatic nitrogens is 2. The zero-order chi connectivity index (χ0) is 21.2. The number of nitrogens with zero attached hydrogens (tertiary/aromatic N) is 1. The summed E-state index contributed by atoms with van der Waals surface area (Å²) in [5.41, 5.74) is 3.91. The van der Waals surface area contributed by atoms with Gasteiger partial charge in [0.1, 0.15) is 11.3 Å². The Morgan fingerprint density at radius 3 is 2.70 bits per heavy atom. The smallest absolute Gasteiger partial charge is 0.341 e. The summed E-state index contributed by atoms with van der Waals surface area (Å²) >= 11 is 0. The second kappa shape index (κ2) is 6.23. The molecule has 1 aromatic carbocycles. The number of benzene rings is 1. The summed E-state index contributed by atoms with van der Waals surface area (Å²) in [6.07, 6.45) is 5.78. The number of nitrogens with one attached hydrogen (secondary N) is 1. The molecule has 4 heterocycles. The normalized spacial score (nSPS) is 15.8. The molecule has 152 valence electrons. The number of pyridine rings is 1. The molecule has 0 radical (unpaired) electrons. The second-order valence-corrected chi connectivity index (χ2v) is 8.93. The van der Waals surface area contributed by atoms with Crippen LogP contribution in [0.2, 0.25) is 0 Å². The SMILES string of the molecule is CC(C)(C)[C@@H]1Cc2c(cc(-c3ccco3)c3cc[nH]c23)-c2cc(=O)c(C(=O)O)cn21. The van der Waals surface area contributed by atoms with Crippen molar-refractivity contribution in [3.05, 3.63) is 70.3 Å². The molecule has 1 aliphatic rings. The van der Waals surface area contributed by atoms with Crippen LogP contribution < -0.4 is 5.43 Å². The molecule has 4 aromatic rings. The topological polar surface area (TPSA) is 88.2 Å². The molecule has 30 heavy (non-hydrogen) atoms. The predicted molar refractivity (Wildman–Crippen MR) is 115 cm³/mol. The lowest BCUT2D eigenvalue weighted by Gasteiger charge is -2.39. The third-order valence-corrected chi connectivity index (χ3v) is 6.06. The van der Waals surface area contributed by atoms with Crippen LogP contribution in [0.25, 0.3) is 33.5 Å². The number of H-pyrrole nitrogens is 1. The van der Waals surface area contributed by atoms with Crippen molar-refractivity contribution in [1.29, 1.82) is 0 Å². The minimum Gasteiger partial charge on any atom is -0.477 e. The average molecular weight is 402 g/mol. The summed E-state index contributed by atoms with van der Waals surface area (Å²) in [5.74, 6) is -0.457. The van der Waals surface area contributed by atoms with Crippen molar-refractivity contribution in [2.45, 2.75) is 33.2 Å². The molecule has 1 aliphatic heterocycles. The number of hydrogen-bond donors (Lipinski definition) is 2. The van der Waals surface area contributed by atoms with Crippen LogP contribution in [0.1, 0.15) is 42.7 Å². The van der Waals surface area contributed by atoms with Gasteiger partial charge in [0.05, 0.1) is 17.5 Å². The average Bonchev–Trinajstić information content (AvgIpc) is 3.37. The molecule has 0 saturated heterocycles. The van der Waals surface area contributed by atoms with Crippen molar-refractivity contribution >= 4 is 16.9 Å². The molecule has 0 aliphatic carbocycles. The highest BCUT2D eigenvalue weighted by atomic mass is 16.4. The third-order valence-electron chi connectivity index (χ3n) is 6.06. The lowest BCUT2D eigenvalue weighted by atomic mass is 9.78. The lowest BCUT2D eigenvalue weighted by molar-refractivity contribution is 0.0693. The van der Waals surface area contributed by atoms with Gasteiger partial charge in [-0.3, -0.25) is 4.79 Å². The first-order valence-electron chi connectivity index (χ1n) is 9.92. The van der Waals surface area contributed by atoms with E-state index in [2.05, 4.69) is 31.8 Å². The number of carboxylic acid groups (broad SMARTS) is 1. The first-order valence-corrected chi connectivity index (χ1v) is 9.92. The maximum atomic E-state index is 12.6.